The van der Waals surface area contributed by atoms with Crippen molar-refractivity contribution in [1.82, 2.24) is 4.72 Å². The Kier molecular flexibility index (Phi) is 8.53. The highest BCUT2D eigenvalue weighted by Gasteiger charge is 2.20. The Hall–Kier alpha value is -2.05. The molecule has 0 amide bonds. The second kappa shape index (κ2) is 10.6. The summed E-state index contributed by atoms with van der Waals surface area (Å²) in [6.45, 7) is 8.96. The summed E-state index contributed by atoms with van der Waals surface area (Å²) in [5.41, 5.74) is 2.67. The van der Waals surface area contributed by atoms with Crippen LogP contribution in [0.15, 0.2) is 41.3 Å². The van der Waals surface area contributed by atoms with Crippen LogP contribution in [0.1, 0.15) is 56.2 Å². The Morgan fingerprint density at radius 2 is 1.83 bits per heavy atom. The van der Waals surface area contributed by atoms with Gasteiger partial charge in [0, 0.05) is 6.54 Å². The van der Waals surface area contributed by atoms with Crippen LogP contribution in [0.2, 0.25) is 0 Å². The van der Waals surface area contributed by atoms with E-state index in [2.05, 4.69) is 11.6 Å². The molecule has 0 saturated carbocycles. The summed E-state index contributed by atoms with van der Waals surface area (Å²) in [6.07, 6.45) is 2.40. The summed E-state index contributed by atoms with van der Waals surface area (Å²) in [4.78, 5) is 0.314. The van der Waals surface area contributed by atoms with E-state index in [1.807, 2.05) is 38.1 Å². The van der Waals surface area contributed by atoms with Crippen molar-refractivity contribution >= 4 is 10.0 Å². The lowest BCUT2D eigenvalue weighted by Crippen LogP contribution is -2.26. The van der Waals surface area contributed by atoms with E-state index in [0.29, 0.717) is 30.0 Å². The van der Waals surface area contributed by atoms with Gasteiger partial charge in [-0.05, 0) is 67.0 Å². The number of benzene rings is 2. The number of para-hydroxylation sites is 1. The first kappa shape index (κ1) is 23.2. The fourth-order valence-corrected chi connectivity index (χ4v) is 4.55. The standard InChI is InChI=1S/C23H33NO4S/c1-6-14-28-21-12-8-7-10-19(21)11-9-13-24-29(25,26)23-16-20(17(2)3)22(27-5)15-18(23)4/h7-8,10,12,15-17,24H,6,9,11,13-14H2,1-5H3. The molecule has 0 aliphatic heterocycles. The highest BCUT2D eigenvalue weighted by molar-refractivity contribution is 7.89. The third-order valence-corrected chi connectivity index (χ3v) is 6.39. The maximum atomic E-state index is 12.9. The van der Waals surface area contributed by atoms with E-state index >= 15 is 0 Å². The molecule has 160 valence electrons. The van der Waals surface area contributed by atoms with E-state index < -0.39 is 10.0 Å². The molecule has 0 aliphatic rings. The Morgan fingerprint density at radius 3 is 2.48 bits per heavy atom. The Labute approximate surface area is 175 Å². The molecule has 0 heterocycles. The van der Waals surface area contributed by atoms with Crippen LogP contribution in [0.3, 0.4) is 0 Å². The minimum atomic E-state index is -3.59. The maximum absolute atomic E-state index is 12.9. The lowest BCUT2D eigenvalue weighted by Gasteiger charge is -2.17. The van der Waals surface area contributed by atoms with Crippen LogP contribution in [0.4, 0.5) is 0 Å². The number of rotatable bonds is 11. The lowest BCUT2D eigenvalue weighted by atomic mass is 10.0. The van der Waals surface area contributed by atoms with Crippen LogP contribution in [0.25, 0.3) is 0 Å². The number of nitrogens with one attached hydrogen (secondary N) is 1. The predicted octanol–water partition coefficient (Wildman–Crippen LogP) is 4.83. The Morgan fingerprint density at radius 1 is 1.10 bits per heavy atom. The van der Waals surface area contributed by atoms with Crippen LogP contribution in [-0.4, -0.2) is 28.7 Å². The average molecular weight is 420 g/mol. The minimum absolute atomic E-state index is 0.166. The molecular formula is C23H33NO4S. The van der Waals surface area contributed by atoms with Crippen molar-refractivity contribution in [3.63, 3.8) is 0 Å². The molecule has 0 unspecified atom stereocenters. The van der Waals surface area contributed by atoms with Gasteiger partial charge in [-0.1, -0.05) is 39.0 Å². The first-order valence-electron chi connectivity index (χ1n) is 10.2. The smallest absolute Gasteiger partial charge is 0.240 e. The zero-order chi connectivity index (χ0) is 21.4. The van der Waals surface area contributed by atoms with Crippen molar-refractivity contribution in [2.45, 2.75) is 57.8 Å². The van der Waals surface area contributed by atoms with Gasteiger partial charge in [0.1, 0.15) is 11.5 Å². The summed E-state index contributed by atoms with van der Waals surface area (Å²) in [6, 6.07) is 11.5. The quantitative estimate of drug-likeness (QED) is 0.530. The van der Waals surface area contributed by atoms with Gasteiger partial charge in [0.25, 0.3) is 0 Å². The SMILES string of the molecule is CCCOc1ccccc1CCCNS(=O)(=O)c1cc(C(C)C)c(OC)cc1C. The molecule has 0 radical (unpaired) electrons. The molecule has 0 aromatic heterocycles. The Balaban J connectivity index is 2.05. The van der Waals surface area contributed by atoms with E-state index in [1.54, 1.807) is 26.2 Å². The monoisotopic (exact) mass is 419 g/mol. The van der Waals surface area contributed by atoms with Crippen molar-refractivity contribution in [1.29, 1.82) is 0 Å². The molecule has 29 heavy (non-hydrogen) atoms. The molecule has 2 rings (SSSR count). The predicted molar refractivity (Wildman–Crippen MR) is 118 cm³/mol. The summed E-state index contributed by atoms with van der Waals surface area (Å²) < 4.78 is 39.7. The van der Waals surface area contributed by atoms with Crippen molar-refractivity contribution in [3.8, 4) is 11.5 Å². The van der Waals surface area contributed by atoms with Gasteiger partial charge in [-0.15, -0.1) is 0 Å². The summed E-state index contributed by atoms with van der Waals surface area (Å²) in [5.74, 6) is 1.77. The molecule has 2 aromatic rings. The number of sulfonamides is 1. The normalized spacial score (nSPS) is 11.7. The molecule has 0 aliphatic carbocycles. The van der Waals surface area contributed by atoms with Crippen molar-refractivity contribution in [2.24, 2.45) is 0 Å². The number of hydrogen-bond donors (Lipinski definition) is 1. The molecular weight excluding hydrogens is 386 g/mol. The van der Waals surface area contributed by atoms with Crippen molar-refractivity contribution in [2.75, 3.05) is 20.3 Å². The van der Waals surface area contributed by atoms with Gasteiger partial charge >= 0.3 is 0 Å². The Bertz CT molecular complexity index is 907. The van der Waals surface area contributed by atoms with Gasteiger partial charge in [0.2, 0.25) is 10.0 Å². The third-order valence-electron chi connectivity index (χ3n) is 4.79. The zero-order valence-electron chi connectivity index (χ0n) is 18.1. The van der Waals surface area contributed by atoms with E-state index in [9.17, 15) is 8.42 Å². The number of methoxy groups -OCH3 is 1. The van der Waals surface area contributed by atoms with E-state index in [0.717, 1.165) is 35.5 Å². The number of ether oxygens (including phenoxy) is 2. The van der Waals surface area contributed by atoms with Crippen LogP contribution < -0.4 is 14.2 Å². The topological polar surface area (TPSA) is 64.6 Å². The van der Waals surface area contributed by atoms with Gasteiger partial charge in [-0.2, -0.15) is 0 Å². The van der Waals surface area contributed by atoms with Crippen LogP contribution in [0, 0.1) is 6.92 Å². The molecule has 0 spiro atoms. The molecule has 0 fully saturated rings. The molecule has 0 atom stereocenters. The van der Waals surface area contributed by atoms with Gasteiger partial charge in [0.05, 0.1) is 18.6 Å². The molecule has 0 bridgehead atoms. The number of aryl methyl sites for hydroxylation is 2. The van der Waals surface area contributed by atoms with Gasteiger partial charge in [0.15, 0.2) is 0 Å². The second-order valence-electron chi connectivity index (χ2n) is 7.47. The third kappa shape index (κ3) is 6.21. The molecule has 5 nitrogen and oxygen atoms in total. The van der Waals surface area contributed by atoms with E-state index in [4.69, 9.17) is 9.47 Å². The highest BCUT2D eigenvalue weighted by Crippen LogP contribution is 2.31. The first-order valence-corrected chi connectivity index (χ1v) is 11.7. The fourth-order valence-electron chi connectivity index (χ4n) is 3.22. The summed E-state index contributed by atoms with van der Waals surface area (Å²) in [5, 5.41) is 0. The highest BCUT2D eigenvalue weighted by atomic mass is 32.2. The average Bonchev–Trinajstić information content (AvgIpc) is 2.69. The van der Waals surface area contributed by atoms with Crippen LogP contribution in [-0.2, 0) is 16.4 Å². The zero-order valence-corrected chi connectivity index (χ0v) is 18.9. The van der Waals surface area contributed by atoms with E-state index in [1.165, 1.54) is 0 Å². The van der Waals surface area contributed by atoms with Gasteiger partial charge < -0.3 is 9.47 Å². The van der Waals surface area contributed by atoms with Crippen molar-refractivity contribution in [3.05, 3.63) is 53.1 Å². The second-order valence-corrected chi connectivity index (χ2v) is 9.21. The van der Waals surface area contributed by atoms with Gasteiger partial charge in [-0.3, -0.25) is 0 Å². The largest absolute Gasteiger partial charge is 0.496 e. The van der Waals surface area contributed by atoms with Crippen LogP contribution >= 0.6 is 0 Å². The molecule has 0 saturated heterocycles. The molecule has 2 aromatic carbocycles. The molecule has 1 N–H and O–H groups in total. The summed E-state index contributed by atoms with van der Waals surface area (Å²) >= 11 is 0. The number of hydrogen-bond acceptors (Lipinski definition) is 4. The first-order chi connectivity index (χ1) is 13.8. The van der Waals surface area contributed by atoms with Gasteiger partial charge in [-0.25, -0.2) is 13.1 Å². The summed E-state index contributed by atoms with van der Waals surface area (Å²) in [7, 11) is -1.98. The lowest BCUT2D eigenvalue weighted by molar-refractivity contribution is 0.314. The van der Waals surface area contributed by atoms with Crippen LogP contribution in [0.5, 0.6) is 11.5 Å². The molecule has 6 heteroatoms. The fraction of sp³-hybridized carbons (Fsp3) is 0.478. The van der Waals surface area contributed by atoms with E-state index in [-0.39, 0.29) is 5.92 Å². The maximum Gasteiger partial charge on any atom is 0.240 e. The van der Waals surface area contributed by atoms with Crippen molar-refractivity contribution < 1.29 is 17.9 Å². The minimum Gasteiger partial charge on any atom is -0.496 e.